The fourth-order valence-electron chi connectivity index (χ4n) is 1.90. The second kappa shape index (κ2) is 7.17. The van der Waals surface area contributed by atoms with Crippen LogP contribution in [0.5, 0.6) is 0 Å². The van der Waals surface area contributed by atoms with Gasteiger partial charge in [0.15, 0.2) is 0 Å². The number of aryl methyl sites for hydroxylation is 1. The van der Waals surface area contributed by atoms with E-state index in [-0.39, 0.29) is 11.8 Å². The second-order valence-corrected chi connectivity index (χ2v) is 4.63. The maximum absolute atomic E-state index is 12.4. The van der Waals surface area contributed by atoms with E-state index in [1.807, 2.05) is 43.0 Å². The van der Waals surface area contributed by atoms with Gasteiger partial charge in [-0.25, -0.2) is 0 Å². The van der Waals surface area contributed by atoms with Crippen LogP contribution in [0.2, 0.25) is 0 Å². The van der Waals surface area contributed by atoms with E-state index in [1.54, 1.807) is 0 Å². The summed E-state index contributed by atoms with van der Waals surface area (Å²) in [6.07, 6.45) is 0. The molecule has 0 heterocycles. The Balaban J connectivity index is 2.76. The van der Waals surface area contributed by atoms with E-state index < -0.39 is 0 Å². The van der Waals surface area contributed by atoms with Gasteiger partial charge in [0, 0.05) is 24.7 Å². The van der Waals surface area contributed by atoms with Crippen LogP contribution in [0.1, 0.15) is 26.3 Å². The number of rotatable bonds is 6. The quantitative estimate of drug-likeness (QED) is 0.839. The molecule has 1 unspecified atom stereocenters. The number of benzene rings is 1. The van der Waals surface area contributed by atoms with Crippen LogP contribution in [0.3, 0.4) is 0 Å². The van der Waals surface area contributed by atoms with Crippen LogP contribution in [0.15, 0.2) is 24.3 Å². The van der Waals surface area contributed by atoms with Gasteiger partial charge < -0.3 is 10.2 Å². The van der Waals surface area contributed by atoms with Gasteiger partial charge in [-0.2, -0.15) is 0 Å². The van der Waals surface area contributed by atoms with E-state index in [0.29, 0.717) is 6.54 Å². The van der Waals surface area contributed by atoms with Crippen LogP contribution < -0.4 is 10.2 Å². The summed E-state index contributed by atoms with van der Waals surface area (Å²) < 4.78 is 0. The van der Waals surface area contributed by atoms with Gasteiger partial charge in [0.05, 0.1) is 0 Å². The molecule has 100 valence electrons. The molecule has 1 amide bonds. The molecule has 1 N–H and O–H groups in total. The van der Waals surface area contributed by atoms with E-state index in [1.165, 1.54) is 5.56 Å². The van der Waals surface area contributed by atoms with Crippen LogP contribution in [-0.4, -0.2) is 25.5 Å². The van der Waals surface area contributed by atoms with Crippen molar-refractivity contribution < 1.29 is 4.79 Å². The van der Waals surface area contributed by atoms with Crippen LogP contribution in [0.4, 0.5) is 5.69 Å². The number of carbonyl (C=O) groups is 1. The number of hydrogen-bond donors (Lipinski definition) is 1. The van der Waals surface area contributed by atoms with Crippen molar-refractivity contribution in [3.63, 3.8) is 0 Å². The lowest BCUT2D eigenvalue weighted by Crippen LogP contribution is -2.39. The Morgan fingerprint density at radius 1 is 1.28 bits per heavy atom. The Morgan fingerprint density at radius 3 is 2.39 bits per heavy atom. The van der Waals surface area contributed by atoms with Crippen LogP contribution in [0.25, 0.3) is 0 Å². The highest BCUT2D eigenvalue weighted by atomic mass is 16.2. The van der Waals surface area contributed by atoms with Crippen LogP contribution in [-0.2, 0) is 4.79 Å². The molecule has 1 aromatic carbocycles. The van der Waals surface area contributed by atoms with Crippen molar-refractivity contribution in [2.24, 2.45) is 5.92 Å². The normalized spacial score (nSPS) is 12.2. The van der Waals surface area contributed by atoms with Crippen LogP contribution >= 0.6 is 0 Å². The van der Waals surface area contributed by atoms with Gasteiger partial charge in [0.2, 0.25) is 5.91 Å². The fraction of sp³-hybridized carbons (Fsp3) is 0.533. The second-order valence-electron chi connectivity index (χ2n) is 4.63. The van der Waals surface area contributed by atoms with Gasteiger partial charge in [-0.05, 0) is 32.5 Å². The molecule has 0 bridgehead atoms. The number of anilines is 1. The van der Waals surface area contributed by atoms with Crippen molar-refractivity contribution in [1.82, 2.24) is 5.32 Å². The minimum Gasteiger partial charge on any atom is -0.316 e. The molecule has 0 aromatic heterocycles. The Hall–Kier alpha value is -1.35. The summed E-state index contributed by atoms with van der Waals surface area (Å²) in [7, 11) is 0. The summed E-state index contributed by atoms with van der Waals surface area (Å²) in [6.45, 7) is 10.4. The number of amides is 1. The van der Waals surface area contributed by atoms with Crippen molar-refractivity contribution in [2.45, 2.75) is 27.7 Å². The van der Waals surface area contributed by atoms with Gasteiger partial charge in [0.25, 0.3) is 0 Å². The third-order valence-corrected chi connectivity index (χ3v) is 3.05. The lowest BCUT2D eigenvalue weighted by atomic mass is 10.1. The first-order valence-electron chi connectivity index (χ1n) is 6.68. The predicted octanol–water partition coefficient (Wildman–Crippen LogP) is 2.59. The van der Waals surface area contributed by atoms with Gasteiger partial charge in [-0.1, -0.05) is 31.5 Å². The van der Waals surface area contributed by atoms with Gasteiger partial charge in [0.1, 0.15) is 0 Å². The average molecular weight is 248 g/mol. The number of carbonyl (C=O) groups excluding carboxylic acids is 1. The molecule has 1 atom stereocenters. The highest BCUT2D eigenvalue weighted by molar-refractivity contribution is 5.94. The smallest absolute Gasteiger partial charge is 0.231 e. The van der Waals surface area contributed by atoms with Crippen molar-refractivity contribution in [3.05, 3.63) is 29.8 Å². The first-order chi connectivity index (χ1) is 8.60. The Kier molecular flexibility index (Phi) is 5.86. The zero-order chi connectivity index (χ0) is 13.5. The molecule has 0 saturated heterocycles. The molecule has 0 radical (unpaired) electrons. The summed E-state index contributed by atoms with van der Waals surface area (Å²) in [5, 5.41) is 3.22. The van der Waals surface area contributed by atoms with Crippen molar-refractivity contribution in [3.8, 4) is 0 Å². The van der Waals surface area contributed by atoms with E-state index in [9.17, 15) is 4.79 Å². The molecule has 0 saturated carbocycles. The maximum Gasteiger partial charge on any atom is 0.231 e. The van der Waals surface area contributed by atoms with Gasteiger partial charge >= 0.3 is 0 Å². The summed E-state index contributed by atoms with van der Waals surface area (Å²) in [5.74, 6) is 0.188. The molecule has 0 aliphatic carbocycles. The Bertz CT molecular complexity index is 373. The average Bonchev–Trinajstić information content (AvgIpc) is 2.38. The van der Waals surface area contributed by atoms with Gasteiger partial charge in [-0.15, -0.1) is 0 Å². The topological polar surface area (TPSA) is 32.3 Å². The van der Waals surface area contributed by atoms with E-state index in [4.69, 9.17) is 0 Å². The lowest BCUT2D eigenvalue weighted by molar-refractivity contribution is -0.121. The SMILES string of the molecule is CCNCC(C)C(=O)N(CC)c1ccc(C)cc1. The Morgan fingerprint density at radius 2 is 1.89 bits per heavy atom. The summed E-state index contributed by atoms with van der Waals surface area (Å²) in [6, 6.07) is 8.11. The van der Waals surface area contributed by atoms with Crippen LogP contribution in [0, 0.1) is 12.8 Å². The monoisotopic (exact) mass is 248 g/mol. The minimum atomic E-state index is 0.00574. The number of nitrogens with one attached hydrogen (secondary N) is 1. The zero-order valence-corrected chi connectivity index (χ0v) is 11.9. The van der Waals surface area contributed by atoms with Gasteiger partial charge in [-0.3, -0.25) is 4.79 Å². The molecule has 18 heavy (non-hydrogen) atoms. The molecule has 0 spiro atoms. The van der Waals surface area contributed by atoms with Crippen molar-refractivity contribution >= 4 is 11.6 Å². The first-order valence-corrected chi connectivity index (χ1v) is 6.68. The maximum atomic E-state index is 12.4. The third-order valence-electron chi connectivity index (χ3n) is 3.05. The number of nitrogens with zero attached hydrogens (tertiary/aromatic N) is 1. The molecule has 1 aromatic rings. The molecule has 0 aliphatic heterocycles. The van der Waals surface area contributed by atoms with E-state index >= 15 is 0 Å². The molecular formula is C15H24N2O. The predicted molar refractivity (Wildman–Crippen MR) is 76.9 cm³/mol. The Labute approximate surface area is 110 Å². The zero-order valence-electron chi connectivity index (χ0n) is 11.9. The molecule has 3 heteroatoms. The molecule has 0 fully saturated rings. The highest BCUT2D eigenvalue weighted by Gasteiger charge is 2.19. The molecule has 0 aliphatic rings. The van der Waals surface area contributed by atoms with E-state index in [2.05, 4.69) is 19.2 Å². The molecule has 1 rings (SSSR count). The summed E-state index contributed by atoms with van der Waals surface area (Å²) in [4.78, 5) is 14.2. The van der Waals surface area contributed by atoms with E-state index in [0.717, 1.165) is 18.8 Å². The summed E-state index contributed by atoms with van der Waals surface area (Å²) >= 11 is 0. The standard InChI is InChI=1S/C15H24N2O/c1-5-16-11-13(4)15(18)17(6-2)14-9-7-12(3)8-10-14/h7-10,13,16H,5-6,11H2,1-4H3. The lowest BCUT2D eigenvalue weighted by Gasteiger charge is -2.24. The third kappa shape index (κ3) is 3.84. The first kappa shape index (κ1) is 14.7. The molecular weight excluding hydrogens is 224 g/mol. The van der Waals surface area contributed by atoms with Crippen molar-refractivity contribution in [1.29, 1.82) is 0 Å². The molecule has 3 nitrogen and oxygen atoms in total. The summed E-state index contributed by atoms with van der Waals surface area (Å²) in [5.41, 5.74) is 2.19. The van der Waals surface area contributed by atoms with Crippen molar-refractivity contribution in [2.75, 3.05) is 24.5 Å². The largest absolute Gasteiger partial charge is 0.316 e. The highest BCUT2D eigenvalue weighted by Crippen LogP contribution is 2.17. The fourth-order valence-corrected chi connectivity index (χ4v) is 1.90. The number of hydrogen-bond acceptors (Lipinski definition) is 2. The minimum absolute atomic E-state index is 0.00574.